The second kappa shape index (κ2) is 9.87. The molecule has 182 valence electrons. The summed E-state index contributed by atoms with van der Waals surface area (Å²) in [5, 5.41) is 16.7. The van der Waals surface area contributed by atoms with E-state index in [1.807, 2.05) is 24.3 Å². The van der Waals surface area contributed by atoms with Gasteiger partial charge in [0, 0.05) is 17.8 Å². The number of nitrogens with zero attached hydrogens (tertiary/aromatic N) is 1. The first kappa shape index (κ1) is 24.4. The van der Waals surface area contributed by atoms with Crippen LogP contribution < -0.4 is 10.6 Å². The van der Waals surface area contributed by atoms with Crippen LogP contribution >= 0.6 is 11.3 Å². The maximum atomic E-state index is 12.5. The van der Waals surface area contributed by atoms with Crippen molar-refractivity contribution < 1.29 is 24.2 Å². The Bertz CT molecular complexity index is 1220. The standard InChI is InChI=1S/C26H27N3O5S/c1-15(23-29-21(13-35-23)22(30)27-14-26(2,3)24(31)32)28-25(33)34-12-20-18-10-6-4-8-16(18)17-9-5-7-11-19(17)20/h4-11,13,15,20H,12,14H2,1-3H3,(H,27,30)(H,28,33)(H,31,32). The average Bonchev–Trinajstić information content (AvgIpc) is 3.45. The van der Waals surface area contributed by atoms with Gasteiger partial charge in [0.15, 0.2) is 0 Å². The minimum Gasteiger partial charge on any atom is -0.481 e. The van der Waals surface area contributed by atoms with Crippen LogP contribution in [0.2, 0.25) is 0 Å². The Labute approximate surface area is 207 Å². The number of hydrogen-bond acceptors (Lipinski definition) is 6. The summed E-state index contributed by atoms with van der Waals surface area (Å²) in [5.74, 6) is -1.50. The number of ether oxygens (including phenoxy) is 1. The fourth-order valence-electron chi connectivity index (χ4n) is 3.94. The van der Waals surface area contributed by atoms with Crippen molar-refractivity contribution in [1.82, 2.24) is 15.6 Å². The van der Waals surface area contributed by atoms with Crippen molar-refractivity contribution in [2.45, 2.75) is 32.7 Å². The van der Waals surface area contributed by atoms with Crippen LogP contribution in [0.5, 0.6) is 0 Å². The fourth-order valence-corrected chi connectivity index (χ4v) is 4.74. The number of carbonyl (C=O) groups excluding carboxylic acids is 2. The van der Waals surface area contributed by atoms with Gasteiger partial charge in [0.2, 0.25) is 0 Å². The highest BCUT2D eigenvalue weighted by Crippen LogP contribution is 2.44. The Morgan fingerprint density at radius 2 is 1.69 bits per heavy atom. The Morgan fingerprint density at radius 3 is 2.29 bits per heavy atom. The molecule has 1 aliphatic rings. The normalized spacial score (nSPS) is 13.5. The van der Waals surface area contributed by atoms with E-state index < -0.39 is 29.4 Å². The molecule has 2 amide bonds. The molecule has 0 radical (unpaired) electrons. The van der Waals surface area contributed by atoms with E-state index in [-0.39, 0.29) is 24.8 Å². The quantitative estimate of drug-likeness (QED) is 0.423. The van der Waals surface area contributed by atoms with Crippen molar-refractivity contribution in [2.24, 2.45) is 5.41 Å². The fraction of sp³-hybridized carbons (Fsp3) is 0.308. The number of aliphatic carboxylic acids is 1. The van der Waals surface area contributed by atoms with Crippen LogP contribution in [0.15, 0.2) is 53.9 Å². The highest BCUT2D eigenvalue weighted by Gasteiger charge is 2.30. The molecule has 1 aliphatic carbocycles. The van der Waals surface area contributed by atoms with E-state index >= 15 is 0 Å². The molecule has 0 aliphatic heterocycles. The number of aromatic nitrogens is 1. The molecule has 3 aromatic rings. The zero-order valence-corrected chi connectivity index (χ0v) is 20.5. The van der Waals surface area contributed by atoms with E-state index in [9.17, 15) is 19.5 Å². The Kier molecular flexibility index (Phi) is 6.88. The number of benzene rings is 2. The van der Waals surface area contributed by atoms with Crippen molar-refractivity contribution in [2.75, 3.05) is 13.2 Å². The molecule has 8 nitrogen and oxygen atoms in total. The maximum Gasteiger partial charge on any atom is 0.407 e. The number of hydrogen-bond donors (Lipinski definition) is 3. The lowest BCUT2D eigenvalue weighted by molar-refractivity contribution is -0.146. The SMILES string of the molecule is CC(NC(=O)OCC1c2ccccc2-c2ccccc21)c1nc(C(=O)NCC(C)(C)C(=O)O)cs1. The molecule has 1 atom stereocenters. The zero-order valence-electron chi connectivity index (χ0n) is 19.7. The van der Waals surface area contributed by atoms with Gasteiger partial charge in [-0.2, -0.15) is 0 Å². The number of alkyl carbamates (subject to hydrolysis) is 1. The molecular weight excluding hydrogens is 466 g/mol. The second-order valence-electron chi connectivity index (χ2n) is 9.13. The van der Waals surface area contributed by atoms with Gasteiger partial charge in [-0.1, -0.05) is 48.5 Å². The number of thiazole rings is 1. The third-order valence-corrected chi connectivity index (χ3v) is 7.10. The zero-order chi connectivity index (χ0) is 25.2. The Balaban J connectivity index is 1.33. The first-order valence-corrected chi connectivity index (χ1v) is 12.1. The molecule has 1 aromatic heterocycles. The van der Waals surface area contributed by atoms with Gasteiger partial charge in [-0.25, -0.2) is 9.78 Å². The molecule has 3 N–H and O–H groups in total. The second-order valence-corrected chi connectivity index (χ2v) is 10.0. The molecular formula is C26H27N3O5S. The minimum absolute atomic E-state index is 0.0262. The van der Waals surface area contributed by atoms with Crippen LogP contribution in [0.4, 0.5) is 4.79 Å². The van der Waals surface area contributed by atoms with E-state index in [0.29, 0.717) is 5.01 Å². The van der Waals surface area contributed by atoms with Crippen molar-refractivity contribution in [3.63, 3.8) is 0 Å². The molecule has 0 spiro atoms. The van der Waals surface area contributed by atoms with Crippen LogP contribution in [-0.2, 0) is 9.53 Å². The molecule has 0 bridgehead atoms. The van der Waals surface area contributed by atoms with Crippen molar-refractivity contribution in [1.29, 1.82) is 0 Å². The highest BCUT2D eigenvalue weighted by molar-refractivity contribution is 7.09. The van der Waals surface area contributed by atoms with Crippen LogP contribution in [0, 0.1) is 5.41 Å². The van der Waals surface area contributed by atoms with Crippen molar-refractivity contribution >= 4 is 29.3 Å². The Hall–Kier alpha value is -3.72. The van der Waals surface area contributed by atoms with Gasteiger partial charge in [0.1, 0.15) is 17.3 Å². The van der Waals surface area contributed by atoms with Crippen molar-refractivity contribution in [3.8, 4) is 11.1 Å². The van der Waals surface area contributed by atoms with Gasteiger partial charge in [-0.05, 0) is 43.0 Å². The molecule has 1 heterocycles. The van der Waals surface area contributed by atoms with Crippen LogP contribution in [0.25, 0.3) is 11.1 Å². The van der Waals surface area contributed by atoms with E-state index in [2.05, 4.69) is 39.9 Å². The smallest absolute Gasteiger partial charge is 0.407 e. The van der Waals surface area contributed by atoms with Gasteiger partial charge < -0.3 is 20.5 Å². The summed E-state index contributed by atoms with van der Waals surface area (Å²) in [6.45, 7) is 5.00. The molecule has 4 rings (SSSR count). The van der Waals surface area contributed by atoms with Crippen LogP contribution in [0.1, 0.15) is 59.4 Å². The van der Waals surface area contributed by atoms with Gasteiger partial charge in [-0.15, -0.1) is 11.3 Å². The Morgan fingerprint density at radius 1 is 1.09 bits per heavy atom. The monoisotopic (exact) mass is 493 g/mol. The third-order valence-electron chi connectivity index (χ3n) is 6.07. The minimum atomic E-state index is -1.09. The summed E-state index contributed by atoms with van der Waals surface area (Å²) >= 11 is 1.23. The summed E-state index contributed by atoms with van der Waals surface area (Å²) in [6, 6.07) is 15.8. The molecule has 2 aromatic carbocycles. The van der Waals surface area contributed by atoms with Crippen molar-refractivity contribution in [3.05, 3.63) is 75.7 Å². The first-order chi connectivity index (χ1) is 16.7. The number of fused-ring (bicyclic) bond motifs is 3. The van der Waals surface area contributed by atoms with Gasteiger partial charge in [-0.3, -0.25) is 9.59 Å². The lowest BCUT2D eigenvalue weighted by atomic mass is 9.94. The van der Waals surface area contributed by atoms with E-state index in [1.54, 1.807) is 12.3 Å². The summed E-state index contributed by atoms with van der Waals surface area (Å²) in [4.78, 5) is 40.4. The molecule has 9 heteroatoms. The number of carboxylic acid groups (broad SMARTS) is 1. The number of carbonyl (C=O) groups is 3. The van der Waals surface area contributed by atoms with Crippen LogP contribution in [-0.4, -0.2) is 41.2 Å². The van der Waals surface area contributed by atoms with Crippen LogP contribution in [0.3, 0.4) is 0 Å². The van der Waals surface area contributed by atoms with E-state index in [0.717, 1.165) is 22.3 Å². The predicted octanol–water partition coefficient (Wildman–Crippen LogP) is 4.58. The lowest BCUT2D eigenvalue weighted by Gasteiger charge is -2.19. The molecule has 0 saturated carbocycles. The van der Waals surface area contributed by atoms with Gasteiger partial charge >= 0.3 is 12.1 Å². The van der Waals surface area contributed by atoms with Gasteiger partial charge in [0.05, 0.1) is 11.5 Å². The number of carboxylic acids is 1. The predicted molar refractivity (Wildman–Crippen MR) is 132 cm³/mol. The average molecular weight is 494 g/mol. The third kappa shape index (κ3) is 5.19. The van der Waals surface area contributed by atoms with Gasteiger partial charge in [0.25, 0.3) is 5.91 Å². The summed E-state index contributed by atoms with van der Waals surface area (Å²) in [6.07, 6.45) is -0.566. The topological polar surface area (TPSA) is 118 Å². The highest BCUT2D eigenvalue weighted by atomic mass is 32.1. The maximum absolute atomic E-state index is 12.5. The molecule has 0 saturated heterocycles. The summed E-state index contributed by atoms with van der Waals surface area (Å²) in [5.41, 5.74) is 3.67. The lowest BCUT2D eigenvalue weighted by Crippen LogP contribution is -2.39. The largest absolute Gasteiger partial charge is 0.481 e. The number of nitrogens with one attached hydrogen (secondary N) is 2. The summed E-state index contributed by atoms with van der Waals surface area (Å²) in [7, 11) is 0. The summed E-state index contributed by atoms with van der Waals surface area (Å²) < 4.78 is 5.58. The van der Waals surface area contributed by atoms with E-state index in [4.69, 9.17) is 4.74 Å². The molecule has 0 fully saturated rings. The number of amides is 2. The first-order valence-electron chi connectivity index (χ1n) is 11.3. The molecule has 1 unspecified atom stereocenters. The molecule has 35 heavy (non-hydrogen) atoms. The van der Waals surface area contributed by atoms with E-state index in [1.165, 1.54) is 25.2 Å². The number of rotatable bonds is 8.